The molecule has 1 aromatic heterocycles. The number of carbonyl (C=O) groups is 1. The van der Waals surface area contributed by atoms with Crippen molar-refractivity contribution in [1.29, 1.82) is 0 Å². The first kappa shape index (κ1) is 10.7. The van der Waals surface area contributed by atoms with Crippen molar-refractivity contribution >= 4 is 5.91 Å². The molecule has 0 spiro atoms. The highest BCUT2D eigenvalue weighted by molar-refractivity contribution is 5.93. The van der Waals surface area contributed by atoms with E-state index in [4.69, 9.17) is 5.73 Å². The molecule has 3 N–H and O–H groups in total. The number of hydrogen-bond donors (Lipinski definition) is 2. The molecular formula is C9H16N4O. The van der Waals surface area contributed by atoms with Crippen molar-refractivity contribution in [1.82, 2.24) is 15.1 Å². The predicted octanol–water partition coefficient (Wildman–Crippen LogP) is -0.194. The average Bonchev–Trinajstić information content (AvgIpc) is 2.45. The molecule has 0 aliphatic carbocycles. The number of hydrogen-bond acceptors (Lipinski definition) is 3. The molecule has 1 unspecified atom stereocenters. The maximum Gasteiger partial charge on any atom is 0.272 e. The molecule has 78 valence electrons. The molecule has 14 heavy (non-hydrogen) atoms. The van der Waals surface area contributed by atoms with Crippen LogP contribution < -0.4 is 11.1 Å². The Labute approximate surface area is 83.3 Å². The molecule has 0 saturated carbocycles. The van der Waals surface area contributed by atoms with Crippen LogP contribution in [0.5, 0.6) is 0 Å². The van der Waals surface area contributed by atoms with Crippen molar-refractivity contribution in [3.8, 4) is 0 Å². The van der Waals surface area contributed by atoms with E-state index in [1.807, 2.05) is 20.0 Å². The fourth-order valence-corrected chi connectivity index (χ4v) is 1.18. The van der Waals surface area contributed by atoms with Crippen LogP contribution in [-0.4, -0.2) is 28.3 Å². The summed E-state index contributed by atoms with van der Waals surface area (Å²) >= 11 is 0. The summed E-state index contributed by atoms with van der Waals surface area (Å²) in [6.07, 6.45) is 1.81. The summed E-state index contributed by atoms with van der Waals surface area (Å²) in [7, 11) is 1.79. The van der Waals surface area contributed by atoms with Crippen molar-refractivity contribution in [3.63, 3.8) is 0 Å². The SMILES string of the molecule is Cc1cn(C)nc1C(=O)NC(C)CN. The molecule has 0 aliphatic heterocycles. The van der Waals surface area contributed by atoms with E-state index in [1.54, 1.807) is 11.7 Å². The second-order valence-corrected chi connectivity index (χ2v) is 3.44. The minimum atomic E-state index is -0.166. The second kappa shape index (κ2) is 4.23. The number of nitrogens with zero attached hydrogens (tertiary/aromatic N) is 2. The Morgan fingerprint density at radius 3 is 2.86 bits per heavy atom. The lowest BCUT2D eigenvalue weighted by Gasteiger charge is -2.09. The smallest absolute Gasteiger partial charge is 0.272 e. The Balaban J connectivity index is 2.74. The minimum absolute atomic E-state index is 0.0242. The summed E-state index contributed by atoms with van der Waals surface area (Å²) in [6.45, 7) is 4.14. The van der Waals surface area contributed by atoms with Gasteiger partial charge in [-0.3, -0.25) is 9.48 Å². The van der Waals surface area contributed by atoms with Crippen LogP contribution in [0.25, 0.3) is 0 Å². The third-order valence-corrected chi connectivity index (χ3v) is 1.96. The van der Waals surface area contributed by atoms with Gasteiger partial charge in [-0.05, 0) is 13.8 Å². The van der Waals surface area contributed by atoms with Gasteiger partial charge in [-0.2, -0.15) is 5.10 Å². The van der Waals surface area contributed by atoms with Crippen molar-refractivity contribution in [3.05, 3.63) is 17.5 Å². The monoisotopic (exact) mass is 196 g/mol. The normalized spacial score (nSPS) is 12.6. The van der Waals surface area contributed by atoms with Crippen LogP contribution in [0.2, 0.25) is 0 Å². The highest BCUT2D eigenvalue weighted by Crippen LogP contribution is 2.03. The van der Waals surface area contributed by atoms with Crippen LogP contribution in [-0.2, 0) is 7.05 Å². The Hall–Kier alpha value is -1.36. The molecule has 0 radical (unpaired) electrons. The van der Waals surface area contributed by atoms with Crippen LogP contribution in [0.4, 0.5) is 0 Å². The molecule has 1 atom stereocenters. The van der Waals surface area contributed by atoms with Gasteiger partial charge in [-0.25, -0.2) is 0 Å². The molecule has 5 heteroatoms. The fraction of sp³-hybridized carbons (Fsp3) is 0.556. The van der Waals surface area contributed by atoms with Crippen molar-refractivity contribution < 1.29 is 4.79 Å². The van der Waals surface area contributed by atoms with Gasteiger partial charge in [-0.1, -0.05) is 0 Å². The Morgan fingerprint density at radius 2 is 2.43 bits per heavy atom. The Bertz CT molecular complexity index is 332. The van der Waals surface area contributed by atoms with Gasteiger partial charge in [0.2, 0.25) is 0 Å². The number of rotatable bonds is 3. The van der Waals surface area contributed by atoms with Gasteiger partial charge in [0.05, 0.1) is 0 Å². The highest BCUT2D eigenvalue weighted by atomic mass is 16.2. The average molecular weight is 196 g/mol. The summed E-state index contributed by atoms with van der Waals surface area (Å²) in [5.41, 5.74) is 6.74. The first-order valence-electron chi connectivity index (χ1n) is 4.55. The number of nitrogens with one attached hydrogen (secondary N) is 1. The van der Waals surface area contributed by atoms with Gasteiger partial charge in [-0.15, -0.1) is 0 Å². The topological polar surface area (TPSA) is 72.9 Å². The van der Waals surface area contributed by atoms with Crippen molar-refractivity contribution in [2.24, 2.45) is 12.8 Å². The second-order valence-electron chi connectivity index (χ2n) is 3.44. The van der Waals surface area contributed by atoms with E-state index in [0.717, 1.165) is 5.56 Å². The van der Waals surface area contributed by atoms with E-state index in [-0.39, 0.29) is 11.9 Å². The Morgan fingerprint density at radius 1 is 1.79 bits per heavy atom. The third-order valence-electron chi connectivity index (χ3n) is 1.96. The summed E-state index contributed by atoms with van der Waals surface area (Å²) in [6, 6.07) is -0.0242. The van der Waals surface area contributed by atoms with Crippen LogP contribution in [0.3, 0.4) is 0 Å². The lowest BCUT2D eigenvalue weighted by molar-refractivity contribution is 0.0935. The van der Waals surface area contributed by atoms with E-state index < -0.39 is 0 Å². The van der Waals surface area contributed by atoms with Crippen LogP contribution >= 0.6 is 0 Å². The molecule has 0 bridgehead atoms. The van der Waals surface area contributed by atoms with Gasteiger partial charge in [0.1, 0.15) is 0 Å². The first-order chi connectivity index (χ1) is 6.54. The lowest BCUT2D eigenvalue weighted by atomic mass is 10.2. The highest BCUT2D eigenvalue weighted by Gasteiger charge is 2.14. The van der Waals surface area contributed by atoms with Crippen LogP contribution in [0.1, 0.15) is 23.0 Å². The zero-order chi connectivity index (χ0) is 10.7. The largest absolute Gasteiger partial charge is 0.347 e. The number of aromatic nitrogens is 2. The zero-order valence-electron chi connectivity index (χ0n) is 8.74. The minimum Gasteiger partial charge on any atom is -0.347 e. The van der Waals surface area contributed by atoms with E-state index in [2.05, 4.69) is 10.4 Å². The molecule has 0 aliphatic rings. The maximum absolute atomic E-state index is 11.6. The molecule has 0 aromatic carbocycles. The molecule has 0 fully saturated rings. The number of nitrogens with two attached hydrogens (primary N) is 1. The summed E-state index contributed by atoms with van der Waals surface area (Å²) in [5.74, 6) is -0.166. The van der Waals surface area contributed by atoms with E-state index in [9.17, 15) is 4.79 Å². The number of aryl methyl sites for hydroxylation is 2. The van der Waals surface area contributed by atoms with E-state index in [1.165, 1.54) is 0 Å². The van der Waals surface area contributed by atoms with E-state index in [0.29, 0.717) is 12.2 Å². The maximum atomic E-state index is 11.6. The standard InChI is InChI=1S/C9H16N4O/c1-6-5-13(3)12-8(6)9(14)11-7(2)4-10/h5,7H,4,10H2,1-3H3,(H,11,14). The van der Waals surface area contributed by atoms with Gasteiger partial charge in [0, 0.05) is 31.4 Å². The van der Waals surface area contributed by atoms with Gasteiger partial charge >= 0.3 is 0 Å². The van der Waals surface area contributed by atoms with Crippen molar-refractivity contribution in [2.75, 3.05) is 6.54 Å². The molecular weight excluding hydrogens is 180 g/mol. The van der Waals surface area contributed by atoms with Crippen LogP contribution in [0.15, 0.2) is 6.20 Å². The molecule has 1 amide bonds. The van der Waals surface area contributed by atoms with Crippen LogP contribution in [0, 0.1) is 6.92 Å². The number of amides is 1. The summed E-state index contributed by atoms with van der Waals surface area (Å²) in [4.78, 5) is 11.6. The first-order valence-corrected chi connectivity index (χ1v) is 4.55. The third kappa shape index (κ3) is 2.32. The van der Waals surface area contributed by atoms with Gasteiger partial charge in [0.15, 0.2) is 5.69 Å². The lowest BCUT2D eigenvalue weighted by Crippen LogP contribution is -2.38. The molecule has 1 aromatic rings. The molecule has 5 nitrogen and oxygen atoms in total. The van der Waals surface area contributed by atoms with Gasteiger partial charge in [0.25, 0.3) is 5.91 Å². The number of carbonyl (C=O) groups excluding carboxylic acids is 1. The molecule has 0 saturated heterocycles. The summed E-state index contributed by atoms with van der Waals surface area (Å²) in [5, 5.41) is 6.82. The van der Waals surface area contributed by atoms with Crippen molar-refractivity contribution in [2.45, 2.75) is 19.9 Å². The zero-order valence-corrected chi connectivity index (χ0v) is 8.74. The van der Waals surface area contributed by atoms with Gasteiger partial charge < -0.3 is 11.1 Å². The fourth-order valence-electron chi connectivity index (χ4n) is 1.18. The predicted molar refractivity (Wildman–Crippen MR) is 53.9 cm³/mol. The van der Waals surface area contributed by atoms with E-state index >= 15 is 0 Å². The summed E-state index contributed by atoms with van der Waals surface area (Å²) < 4.78 is 1.62. The molecule has 1 heterocycles. The Kier molecular flexibility index (Phi) is 3.24. The quantitative estimate of drug-likeness (QED) is 0.703. The molecule has 1 rings (SSSR count).